The first kappa shape index (κ1) is 32.1. The Morgan fingerprint density at radius 2 is 1.71 bits per heavy atom. The Labute approximate surface area is 213 Å². The molecule has 1 unspecified atom stereocenters. The van der Waals surface area contributed by atoms with Crippen LogP contribution in [0.25, 0.3) is 0 Å². The number of benzene rings is 2. The molecule has 4 N–H and O–H groups in total. The summed E-state index contributed by atoms with van der Waals surface area (Å²) in [7, 11) is -1.27. The van der Waals surface area contributed by atoms with E-state index in [9.17, 15) is 9.00 Å². The third kappa shape index (κ3) is 15.6. The number of aliphatic hydroxyl groups excluding tert-OH is 1. The van der Waals surface area contributed by atoms with E-state index in [-0.39, 0.29) is 12.7 Å². The van der Waals surface area contributed by atoms with Gasteiger partial charge in [0.1, 0.15) is 17.1 Å². The van der Waals surface area contributed by atoms with Gasteiger partial charge in [0.15, 0.2) is 0 Å². The maximum atomic E-state index is 12.8. The molecular weight excluding hydrogens is 462 g/mol. The largest absolute Gasteiger partial charge is 0.446 e. The van der Waals surface area contributed by atoms with E-state index in [1.165, 1.54) is 5.56 Å². The third-order valence-corrected chi connectivity index (χ3v) is 6.00. The molecule has 0 spiro atoms. The lowest BCUT2D eigenvalue weighted by atomic mass is 10.2. The number of hydrogen-bond acceptors (Lipinski definition) is 5. The highest BCUT2D eigenvalue weighted by molar-refractivity contribution is 7.82. The normalized spacial score (nSPS) is 11.9. The van der Waals surface area contributed by atoms with Gasteiger partial charge < -0.3 is 20.9 Å². The summed E-state index contributed by atoms with van der Waals surface area (Å²) in [4.78, 5) is 12.4. The van der Waals surface area contributed by atoms with E-state index in [1.807, 2.05) is 22.5 Å². The predicted octanol–water partition coefficient (Wildman–Crippen LogP) is 4.38. The van der Waals surface area contributed by atoms with Crippen LogP contribution >= 0.6 is 0 Å². The van der Waals surface area contributed by atoms with Crippen LogP contribution in [0.15, 0.2) is 59.5 Å². The van der Waals surface area contributed by atoms with E-state index in [0.717, 1.165) is 0 Å². The molecule has 1 amide bonds. The van der Waals surface area contributed by atoms with E-state index in [0.29, 0.717) is 49.0 Å². The molecule has 0 saturated heterocycles. The van der Waals surface area contributed by atoms with Crippen LogP contribution in [0.4, 0.5) is 10.5 Å². The van der Waals surface area contributed by atoms with Gasteiger partial charge in [0.2, 0.25) is 0 Å². The number of alkyl carbamates (subject to hydrolysis) is 1. The summed E-state index contributed by atoms with van der Waals surface area (Å²) >= 11 is 0. The highest BCUT2D eigenvalue weighted by Crippen LogP contribution is 2.15. The summed E-state index contributed by atoms with van der Waals surface area (Å²) in [6, 6.07) is 17.3. The van der Waals surface area contributed by atoms with Gasteiger partial charge in [0.25, 0.3) is 0 Å². The molecule has 0 aromatic heterocycles. The van der Waals surface area contributed by atoms with Crippen molar-refractivity contribution in [1.82, 2.24) is 9.62 Å². The molecule has 0 fully saturated rings. The second kappa shape index (κ2) is 19.4. The van der Waals surface area contributed by atoms with Gasteiger partial charge in [-0.1, -0.05) is 49.7 Å². The molecule has 0 aliphatic rings. The summed E-state index contributed by atoms with van der Waals surface area (Å²) in [5, 5.41) is 11.5. The number of nitrogens with two attached hydrogens (primary N) is 1. The number of aryl methyl sites for hydroxylation is 1. The molecular formula is C27H41N3O4S. The van der Waals surface area contributed by atoms with Crippen LogP contribution in [0.5, 0.6) is 0 Å². The van der Waals surface area contributed by atoms with E-state index in [2.05, 4.69) is 51.1 Å². The maximum Gasteiger partial charge on any atom is 0.407 e. The minimum atomic E-state index is -1.27. The molecule has 0 aliphatic carbocycles. The predicted molar refractivity (Wildman–Crippen MR) is 145 cm³/mol. The van der Waals surface area contributed by atoms with E-state index in [4.69, 9.17) is 15.6 Å². The monoisotopic (exact) mass is 503 g/mol. The first-order valence-electron chi connectivity index (χ1n) is 11.7. The average molecular weight is 504 g/mol. The fourth-order valence-electron chi connectivity index (χ4n) is 2.83. The average Bonchev–Trinajstić information content (AvgIpc) is 2.83. The number of carbonyl (C=O) groups is 1. The molecule has 2 aromatic carbocycles. The van der Waals surface area contributed by atoms with Crippen molar-refractivity contribution in [2.75, 3.05) is 32.0 Å². The van der Waals surface area contributed by atoms with Crippen molar-refractivity contribution >= 4 is 22.8 Å². The number of anilines is 1. The van der Waals surface area contributed by atoms with Crippen molar-refractivity contribution < 1.29 is 18.8 Å². The summed E-state index contributed by atoms with van der Waals surface area (Å²) < 4.78 is 19.8. The van der Waals surface area contributed by atoms with Crippen molar-refractivity contribution in [3.8, 4) is 12.8 Å². The van der Waals surface area contributed by atoms with Crippen molar-refractivity contribution in [3.05, 3.63) is 60.2 Å². The first-order valence-corrected chi connectivity index (χ1v) is 12.8. The van der Waals surface area contributed by atoms with E-state index < -0.39 is 17.1 Å². The number of hydrogen-bond donors (Lipinski definition) is 3. The highest BCUT2D eigenvalue weighted by Gasteiger charge is 2.17. The van der Waals surface area contributed by atoms with Crippen LogP contribution in [0.3, 0.4) is 0 Å². The molecule has 35 heavy (non-hydrogen) atoms. The Balaban J connectivity index is 0.00000108. The number of aliphatic hydroxyl groups is 1. The molecule has 0 radical (unpaired) electrons. The van der Waals surface area contributed by atoms with Crippen LogP contribution in [-0.2, 0) is 15.7 Å². The number of carbonyl (C=O) groups excluding carboxylic acids is 1. The minimum Gasteiger partial charge on any atom is -0.446 e. The number of ether oxygens (including phenoxy) is 1. The van der Waals surface area contributed by atoms with Crippen molar-refractivity contribution in [1.29, 1.82) is 0 Å². The van der Waals surface area contributed by atoms with Gasteiger partial charge in [-0.3, -0.25) is 0 Å². The molecule has 0 heterocycles. The number of rotatable bonds is 11. The van der Waals surface area contributed by atoms with Gasteiger partial charge in [0, 0.05) is 38.3 Å². The van der Waals surface area contributed by atoms with Gasteiger partial charge in [-0.25, -0.2) is 13.3 Å². The summed E-state index contributed by atoms with van der Waals surface area (Å²) in [5.41, 5.74) is 7.65. The Morgan fingerprint density at radius 1 is 1.11 bits per heavy atom. The lowest BCUT2D eigenvalue weighted by Gasteiger charge is -2.23. The third-order valence-electron chi connectivity index (χ3n) is 4.52. The SMILES string of the molecule is C#C.CC(C)CN(CCCNC(=O)O[C@H](C)CCO)S(=O)c1ccc(N)cc1.Cc1ccccc1. The molecule has 0 bridgehead atoms. The Bertz CT molecular complexity index is 858. The Kier molecular flexibility index (Phi) is 17.9. The lowest BCUT2D eigenvalue weighted by molar-refractivity contribution is 0.0902. The van der Waals surface area contributed by atoms with Crippen molar-refractivity contribution in [2.45, 2.75) is 51.5 Å². The summed E-state index contributed by atoms with van der Waals surface area (Å²) in [5.74, 6) is 0.366. The second-order valence-corrected chi connectivity index (χ2v) is 9.75. The standard InChI is InChI=1S/C18H31N3O4S.C7H8.C2H2/c1-14(2)13-21(26(24)17-7-5-16(19)6-8-17)11-4-10-20-18(23)25-15(3)9-12-22;1-7-5-3-2-4-6-7;1-2/h5-8,14-15,22H,4,9-13,19H2,1-3H3,(H,20,23);2-6H,1H3;1-2H/t15-,26?;;/m1../s1. The van der Waals surface area contributed by atoms with Gasteiger partial charge in [-0.15, -0.1) is 12.8 Å². The van der Waals surface area contributed by atoms with Crippen LogP contribution in [0, 0.1) is 25.7 Å². The molecule has 194 valence electrons. The number of nitrogens with one attached hydrogen (secondary N) is 1. The van der Waals surface area contributed by atoms with Gasteiger partial charge in [0.05, 0.1) is 4.90 Å². The smallest absolute Gasteiger partial charge is 0.407 e. The minimum absolute atomic E-state index is 0.0183. The quantitative estimate of drug-likeness (QED) is 0.240. The van der Waals surface area contributed by atoms with Crippen LogP contribution in [-0.4, -0.2) is 52.1 Å². The second-order valence-electron chi connectivity index (χ2n) is 8.26. The molecule has 2 aromatic rings. The Hall–Kier alpha value is -2.86. The summed E-state index contributed by atoms with van der Waals surface area (Å²) in [6.07, 6.45) is 8.24. The molecule has 0 saturated carbocycles. The zero-order valence-electron chi connectivity index (χ0n) is 21.4. The zero-order valence-corrected chi connectivity index (χ0v) is 22.2. The van der Waals surface area contributed by atoms with Gasteiger partial charge in [-0.05, 0) is 50.5 Å². The van der Waals surface area contributed by atoms with Gasteiger partial charge >= 0.3 is 6.09 Å². The van der Waals surface area contributed by atoms with Crippen LogP contribution in [0.2, 0.25) is 0 Å². The lowest BCUT2D eigenvalue weighted by Crippen LogP contribution is -2.34. The first-order chi connectivity index (χ1) is 16.7. The van der Waals surface area contributed by atoms with Crippen LogP contribution in [0.1, 0.15) is 39.2 Å². The number of nitrogens with zero attached hydrogens (tertiary/aromatic N) is 1. The van der Waals surface area contributed by atoms with E-state index >= 15 is 0 Å². The van der Waals surface area contributed by atoms with Crippen LogP contribution < -0.4 is 11.1 Å². The number of terminal acetylenes is 1. The molecule has 2 atom stereocenters. The fourth-order valence-corrected chi connectivity index (χ4v) is 4.22. The topological polar surface area (TPSA) is 105 Å². The number of amides is 1. The van der Waals surface area contributed by atoms with Gasteiger partial charge in [-0.2, -0.15) is 0 Å². The maximum absolute atomic E-state index is 12.8. The van der Waals surface area contributed by atoms with E-state index in [1.54, 1.807) is 31.2 Å². The number of nitrogen functional groups attached to an aromatic ring is 1. The summed E-state index contributed by atoms with van der Waals surface area (Å²) in [6.45, 7) is 9.65. The fraction of sp³-hybridized carbons (Fsp3) is 0.444. The zero-order chi connectivity index (χ0) is 26.6. The van der Waals surface area contributed by atoms with Crippen molar-refractivity contribution in [2.24, 2.45) is 5.92 Å². The molecule has 7 nitrogen and oxygen atoms in total. The highest BCUT2D eigenvalue weighted by atomic mass is 32.2. The Morgan fingerprint density at radius 3 is 2.20 bits per heavy atom. The van der Waals surface area contributed by atoms with Crippen molar-refractivity contribution in [3.63, 3.8) is 0 Å². The molecule has 2 rings (SSSR count). The molecule has 0 aliphatic heterocycles. The molecule has 8 heteroatoms.